The van der Waals surface area contributed by atoms with Gasteiger partial charge in [-0.25, -0.2) is 4.98 Å². The molecule has 1 aromatic heterocycles. The third-order valence-electron chi connectivity index (χ3n) is 2.72. The lowest BCUT2D eigenvalue weighted by Crippen LogP contribution is -2.28. The first-order chi connectivity index (χ1) is 8.51. The van der Waals surface area contributed by atoms with Gasteiger partial charge >= 0.3 is 0 Å². The van der Waals surface area contributed by atoms with Crippen molar-refractivity contribution in [1.82, 2.24) is 10.3 Å². The molecule has 0 unspecified atom stereocenters. The lowest BCUT2D eigenvalue weighted by atomic mass is 9.94. The number of hydrogen-bond acceptors (Lipinski definition) is 4. The van der Waals surface area contributed by atoms with Crippen LogP contribution in [0.25, 0.3) is 0 Å². The van der Waals surface area contributed by atoms with Crippen LogP contribution < -0.4 is 11.1 Å². The van der Waals surface area contributed by atoms with Crippen LogP contribution in [0.15, 0.2) is 6.20 Å². The van der Waals surface area contributed by atoms with Crippen molar-refractivity contribution >= 4 is 17.2 Å². The van der Waals surface area contributed by atoms with Gasteiger partial charge in [0.2, 0.25) is 5.91 Å². The minimum atomic E-state index is 0.0685. The van der Waals surface area contributed by atoms with Crippen LogP contribution in [0.1, 0.15) is 36.6 Å². The molecule has 0 saturated heterocycles. The predicted molar refractivity (Wildman–Crippen MR) is 75.3 cm³/mol. The predicted octanol–water partition coefficient (Wildman–Crippen LogP) is 2.08. The van der Waals surface area contributed by atoms with Crippen LogP contribution >= 0.6 is 11.3 Å². The Kier molecular flexibility index (Phi) is 6.29. The number of aromatic nitrogens is 1. The van der Waals surface area contributed by atoms with Crippen LogP contribution in [-0.2, 0) is 11.3 Å². The Balaban J connectivity index is 2.32. The van der Waals surface area contributed by atoms with Crippen molar-refractivity contribution in [3.05, 3.63) is 16.1 Å². The molecule has 102 valence electrons. The number of thiazole rings is 1. The number of hydrogen-bond donors (Lipinski definition) is 2. The zero-order valence-corrected chi connectivity index (χ0v) is 12.2. The minimum absolute atomic E-state index is 0.0685. The summed E-state index contributed by atoms with van der Waals surface area (Å²) >= 11 is 1.61. The van der Waals surface area contributed by atoms with Crippen LogP contribution in [0, 0.1) is 18.8 Å². The van der Waals surface area contributed by atoms with E-state index in [-0.39, 0.29) is 11.8 Å². The van der Waals surface area contributed by atoms with Gasteiger partial charge in [0.15, 0.2) is 0 Å². The molecular formula is C13H23N3OS. The van der Waals surface area contributed by atoms with Crippen LogP contribution in [0.2, 0.25) is 0 Å². The summed E-state index contributed by atoms with van der Waals surface area (Å²) in [5.74, 6) is 0.926. The van der Waals surface area contributed by atoms with Crippen molar-refractivity contribution < 1.29 is 4.79 Å². The van der Waals surface area contributed by atoms with E-state index < -0.39 is 0 Å². The van der Waals surface area contributed by atoms with Gasteiger partial charge in [-0.05, 0) is 31.7 Å². The average Bonchev–Trinajstić information content (AvgIpc) is 2.71. The van der Waals surface area contributed by atoms with Gasteiger partial charge in [0.05, 0.1) is 6.54 Å². The molecule has 0 aliphatic heterocycles. The summed E-state index contributed by atoms with van der Waals surface area (Å²) in [4.78, 5) is 17.2. The zero-order chi connectivity index (χ0) is 13.5. The number of nitrogens with zero attached hydrogens (tertiary/aromatic N) is 1. The molecule has 0 aromatic carbocycles. The Morgan fingerprint density at radius 3 is 2.78 bits per heavy atom. The fraction of sp³-hybridized carbons (Fsp3) is 0.692. The number of nitrogens with two attached hydrogens (primary N) is 1. The highest BCUT2D eigenvalue weighted by Crippen LogP contribution is 2.14. The number of carbonyl (C=O) groups excluding carboxylic acids is 1. The van der Waals surface area contributed by atoms with Crippen molar-refractivity contribution in [2.75, 3.05) is 6.54 Å². The summed E-state index contributed by atoms with van der Waals surface area (Å²) in [6, 6.07) is 0. The van der Waals surface area contributed by atoms with E-state index in [1.165, 1.54) is 4.88 Å². The van der Waals surface area contributed by atoms with Crippen molar-refractivity contribution in [3.63, 3.8) is 0 Å². The minimum Gasteiger partial charge on any atom is -0.350 e. The van der Waals surface area contributed by atoms with Crippen molar-refractivity contribution in [3.8, 4) is 0 Å². The Labute approximate surface area is 113 Å². The number of carbonyl (C=O) groups is 1. The molecule has 5 heteroatoms. The molecule has 0 fully saturated rings. The second kappa shape index (κ2) is 7.48. The Morgan fingerprint density at radius 1 is 1.56 bits per heavy atom. The first-order valence-corrected chi connectivity index (χ1v) is 7.21. The first-order valence-electron chi connectivity index (χ1n) is 6.39. The van der Waals surface area contributed by atoms with E-state index in [0.717, 1.165) is 11.4 Å². The highest BCUT2D eigenvalue weighted by Gasteiger charge is 2.14. The average molecular weight is 269 g/mol. The molecule has 0 bridgehead atoms. The molecule has 0 aliphatic rings. The largest absolute Gasteiger partial charge is 0.350 e. The van der Waals surface area contributed by atoms with Gasteiger partial charge in [0, 0.05) is 17.5 Å². The normalized spacial score (nSPS) is 12.7. The molecular weight excluding hydrogens is 246 g/mol. The Morgan fingerprint density at radius 2 is 2.28 bits per heavy atom. The Bertz CT molecular complexity index is 376. The molecule has 3 N–H and O–H groups in total. The molecule has 1 aromatic rings. The van der Waals surface area contributed by atoms with Crippen LogP contribution in [-0.4, -0.2) is 17.4 Å². The quantitative estimate of drug-likeness (QED) is 0.796. The lowest BCUT2D eigenvalue weighted by molar-refractivity contribution is -0.122. The fourth-order valence-corrected chi connectivity index (χ4v) is 2.65. The monoisotopic (exact) mass is 269 g/mol. The number of aryl methyl sites for hydroxylation is 1. The van der Waals surface area contributed by atoms with Gasteiger partial charge in [-0.1, -0.05) is 13.8 Å². The van der Waals surface area contributed by atoms with Crippen molar-refractivity contribution in [2.45, 2.75) is 40.2 Å². The molecule has 0 spiro atoms. The molecule has 18 heavy (non-hydrogen) atoms. The standard InChI is InChI=1S/C13H23N3OS/c1-9(2)4-11(6-14)5-12(17)15-8-13-16-7-10(3)18-13/h7,9,11H,4-6,8,14H2,1-3H3,(H,15,17)/t11-/m0/s1. The summed E-state index contributed by atoms with van der Waals surface area (Å²) in [5.41, 5.74) is 5.69. The lowest BCUT2D eigenvalue weighted by Gasteiger charge is -2.16. The van der Waals surface area contributed by atoms with Crippen LogP contribution in [0.4, 0.5) is 0 Å². The van der Waals surface area contributed by atoms with E-state index in [2.05, 4.69) is 24.1 Å². The number of amides is 1. The van der Waals surface area contributed by atoms with E-state index in [0.29, 0.717) is 25.4 Å². The molecule has 1 heterocycles. The fourth-order valence-electron chi connectivity index (χ4n) is 1.92. The highest BCUT2D eigenvalue weighted by atomic mass is 32.1. The number of nitrogens with one attached hydrogen (secondary N) is 1. The smallest absolute Gasteiger partial charge is 0.220 e. The van der Waals surface area contributed by atoms with E-state index in [9.17, 15) is 4.79 Å². The van der Waals surface area contributed by atoms with Gasteiger partial charge < -0.3 is 11.1 Å². The maximum atomic E-state index is 11.8. The highest BCUT2D eigenvalue weighted by molar-refractivity contribution is 7.11. The molecule has 1 rings (SSSR count). The molecule has 0 saturated carbocycles. The molecule has 4 nitrogen and oxygen atoms in total. The third kappa shape index (κ3) is 5.60. The number of rotatable bonds is 7. The summed E-state index contributed by atoms with van der Waals surface area (Å²) < 4.78 is 0. The first kappa shape index (κ1) is 15.1. The SMILES string of the molecule is Cc1cnc(CNC(=O)C[C@@H](CN)CC(C)C)s1. The van der Waals surface area contributed by atoms with Crippen molar-refractivity contribution in [1.29, 1.82) is 0 Å². The van der Waals surface area contributed by atoms with E-state index in [1.807, 2.05) is 13.1 Å². The van der Waals surface area contributed by atoms with Crippen molar-refractivity contribution in [2.24, 2.45) is 17.6 Å². The zero-order valence-electron chi connectivity index (χ0n) is 11.4. The van der Waals surface area contributed by atoms with E-state index in [1.54, 1.807) is 11.3 Å². The third-order valence-corrected chi connectivity index (χ3v) is 3.63. The maximum Gasteiger partial charge on any atom is 0.220 e. The van der Waals surface area contributed by atoms with E-state index >= 15 is 0 Å². The van der Waals surface area contributed by atoms with Crippen LogP contribution in [0.3, 0.4) is 0 Å². The Hall–Kier alpha value is -0.940. The van der Waals surface area contributed by atoms with Gasteiger partial charge in [-0.3, -0.25) is 4.79 Å². The molecule has 1 atom stereocenters. The topological polar surface area (TPSA) is 68.0 Å². The van der Waals surface area contributed by atoms with Crippen LogP contribution in [0.5, 0.6) is 0 Å². The van der Waals surface area contributed by atoms with Gasteiger partial charge in [0.1, 0.15) is 5.01 Å². The molecule has 0 aliphatic carbocycles. The summed E-state index contributed by atoms with van der Waals surface area (Å²) in [6.07, 6.45) is 3.34. The maximum absolute atomic E-state index is 11.8. The molecule has 1 amide bonds. The summed E-state index contributed by atoms with van der Waals surface area (Å²) in [7, 11) is 0. The summed E-state index contributed by atoms with van der Waals surface area (Å²) in [6.45, 7) is 7.41. The summed E-state index contributed by atoms with van der Waals surface area (Å²) in [5, 5.41) is 3.86. The van der Waals surface area contributed by atoms with Gasteiger partial charge in [-0.15, -0.1) is 11.3 Å². The molecule has 0 radical (unpaired) electrons. The van der Waals surface area contributed by atoms with Gasteiger partial charge in [0.25, 0.3) is 0 Å². The van der Waals surface area contributed by atoms with E-state index in [4.69, 9.17) is 5.73 Å². The second-order valence-corrected chi connectivity index (χ2v) is 6.40. The van der Waals surface area contributed by atoms with Gasteiger partial charge in [-0.2, -0.15) is 0 Å². The second-order valence-electron chi connectivity index (χ2n) is 5.08.